The van der Waals surface area contributed by atoms with Gasteiger partial charge in [-0.25, -0.2) is 19.1 Å². The van der Waals surface area contributed by atoms with Gasteiger partial charge in [0.15, 0.2) is 0 Å². The Balaban J connectivity index is 0. The predicted octanol–water partition coefficient (Wildman–Crippen LogP) is -0.263. The summed E-state index contributed by atoms with van der Waals surface area (Å²) in [5, 5.41) is 0. The van der Waals surface area contributed by atoms with Crippen molar-refractivity contribution in [3.8, 4) is 0 Å². The standard InChI is InChI=1S/C8H13.Li/c1-3-5-7-8-6-4-2;/h3-5H,1-2,6-8H2;/q-1;+1/b5-3+;. The van der Waals surface area contributed by atoms with Gasteiger partial charge >= 0.3 is 18.9 Å². The number of unbranched alkanes of at least 4 members (excludes halogenated alkanes) is 2. The molecule has 0 aliphatic carbocycles. The molecule has 0 saturated carbocycles. The zero-order chi connectivity index (χ0) is 6.24. The van der Waals surface area contributed by atoms with Crippen LogP contribution in [0.5, 0.6) is 0 Å². The van der Waals surface area contributed by atoms with Crippen molar-refractivity contribution in [3.63, 3.8) is 0 Å². The molecule has 9 heavy (non-hydrogen) atoms. The first-order valence-corrected chi connectivity index (χ1v) is 2.97. The molecule has 0 aliphatic rings. The second-order valence-corrected chi connectivity index (χ2v) is 1.69. The molecule has 0 N–H and O–H groups in total. The van der Waals surface area contributed by atoms with Crippen molar-refractivity contribution >= 4 is 0 Å². The Labute approximate surface area is 70.2 Å². The van der Waals surface area contributed by atoms with E-state index >= 15 is 0 Å². The molecule has 0 spiro atoms. The Morgan fingerprint density at radius 3 is 2.44 bits per heavy atom. The topological polar surface area (TPSA) is 0 Å². The minimum absolute atomic E-state index is 0. The van der Waals surface area contributed by atoms with Crippen molar-refractivity contribution in [2.45, 2.75) is 19.3 Å². The van der Waals surface area contributed by atoms with Crippen LogP contribution < -0.4 is 18.9 Å². The molecule has 0 bridgehead atoms. The Morgan fingerprint density at radius 2 is 2.00 bits per heavy atom. The summed E-state index contributed by atoms with van der Waals surface area (Å²) in [4.78, 5) is 0. The molecule has 1 heteroatoms. The molecule has 0 fully saturated rings. The van der Waals surface area contributed by atoms with Gasteiger partial charge in [0.25, 0.3) is 0 Å². The molecule has 0 aliphatic heterocycles. The summed E-state index contributed by atoms with van der Waals surface area (Å²) in [6.07, 6.45) is 9.30. The third-order valence-corrected chi connectivity index (χ3v) is 0.946. The summed E-state index contributed by atoms with van der Waals surface area (Å²) >= 11 is 0. The smallest absolute Gasteiger partial charge is 0.245 e. The number of hydrogen-bond acceptors (Lipinski definition) is 0. The normalized spacial score (nSPS) is 8.89. The van der Waals surface area contributed by atoms with Gasteiger partial charge in [-0.05, 0) is 6.42 Å². The first-order chi connectivity index (χ1) is 3.91. The van der Waals surface area contributed by atoms with Gasteiger partial charge in [0, 0.05) is 0 Å². The summed E-state index contributed by atoms with van der Waals surface area (Å²) in [7, 11) is 0. The van der Waals surface area contributed by atoms with Gasteiger partial charge in [0.1, 0.15) is 0 Å². The van der Waals surface area contributed by atoms with Gasteiger partial charge in [-0.1, -0.05) is 12.5 Å². The van der Waals surface area contributed by atoms with Crippen LogP contribution in [0.15, 0.2) is 24.8 Å². The molecule has 0 aromatic heterocycles. The van der Waals surface area contributed by atoms with Crippen LogP contribution in [0.1, 0.15) is 19.3 Å². The first kappa shape index (κ1) is 11.7. The van der Waals surface area contributed by atoms with Crippen LogP contribution in [0, 0.1) is 6.92 Å². The van der Waals surface area contributed by atoms with Crippen molar-refractivity contribution in [3.05, 3.63) is 31.7 Å². The fraction of sp³-hybridized carbons (Fsp3) is 0.375. The maximum absolute atomic E-state index is 3.62. The molecule has 0 nitrogen and oxygen atoms in total. The molecule has 0 rings (SSSR count). The van der Waals surface area contributed by atoms with E-state index < -0.39 is 0 Å². The zero-order valence-electron chi connectivity index (χ0n) is 6.27. The zero-order valence-corrected chi connectivity index (χ0v) is 6.27. The fourth-order valence-corrected chi connectivity index (χ4v) is 0.498. The molecule has 0 atom stereocenters. The SMILES string of the molecule is C=CCCC/C=C/[CH2-].[Li+]. The number of allylic oxidation sites excluding steroid dienone is 3. The molecule has 0 aromatic carbocycles. The number of rotatable bonds is 4. The maximum Gasteiger partial charge on any atom is 1.00 e. The minimum Gasteiger partial charge on any atom is -0.245 e. The molecule has 0 unspecified atom stereocenters. The van der Waals surface area contributed by atoms with E-state index in [1.807, 2.05) is 12.2 Å². The Hall–Kier alpha value is -0.0526. The summed E-state index contributed by atoms with van der Waals surface area (Å²) < 4.78 is 0. The van der Waals surface area contributed by atoms with E-state index in [1.54, 1.807) is 0 Å². The quantitative estimate of drug-likeness (QED) is 0.205. The van der Waals surface area contributed by atoms with E-state index in [2.05, 4.69) is 19.6 Å². The van der Waals surface area contributed by atoms with Crippen LogP contribution in [0.2, 0.25) is 0 Å². The summed E-state index contributed by atoms with van der Waals surface area (Å²) in [6.45, 7) is 7.20. The van der Waals surface area contributed by atoms with E-state index in [9.17, 15) is 0 Å². The largest absolute Gasteiger partial charge is 1.00 e. The van der Waals surface area contributed by atoms with Crippen molar-refractivity contribution < 1.29 is 18.9 Å². The Kier molecular flexibility index (Phi) is 14.1. The third kappa shape index (κ3) is 11.5. The van der Waals surface area contributed by atoms with Crippen molar-refractivity contribution in [2.75, 3.05) is 0 Å². The second kappa shape index (κ2) is 10.8. The summed E-state index contributed by atoms with van der Waals surface area (Å²) in [5.74, 6) is 0. The van der Waals surface area contributed by atoms with E-state index in [1.165, 1.54) is 6.42 Å². The van der Waals surface area contributed by atoms with Crippen LogP contribution >= 0.6 is 0 Å². The maximum atomic E-state index is 3.62. The molecule has 46 valence electrons. The van der Waals surface area contributed by atoms with Gasteiger partial charge in [0.05, 0.1) is 0 Å². The Morgan fingerprint density at radius 1 is 1.33 bits per heavy atom. The molecule has 0 radical (unpaired) electrons. The van der Waals surface area contributed by atoms with Crippen LogP contribution in [0.25, 0.3) is 0 Å². The van der Waals surface area contributed by atoms with Crippen LogP contribution in [-0.4, -0.2) is 0 Å². The van der Waals surface area contributed by atoms with Crippen molar-refractivity contribution in [1.29, 1.82) is 0 Å². The summed E-state index contributed by atoms with van der Waals surface area (Å²) in [6, 6.07) is 0. The fourth-order valence-electron chi connectivity index (χ4n) is 0.498. The molecule has 0 aromatic rings. The molecule has 0 heterocycles. The van der Waals surface area contributed by atoms with Crippen molar-refractivity contribution in [1.82, 2.24) is 0 Å². The number of hydrogen-bond donors (Lipinski definition) is 0. The predicted molar refractivity (Wildman–Crippen MR) is 38.5 cm³/mol. The van der Waals surface area contributed by atoms with Crippen LogP contribution in [0.3, 0.4) is 0 Å². The van der Waals surface area contributed by atoms with Gasteiger partial charge in [-0.2, -0.15) is 0 Å². The molecule has 0 amide bonds. The average molecular weight is 116 g/mol. The summed E-state index contributed by atoms with van der Waals surface area (Å²) in [5.41, 5.74) is 0. The average Bonchev–Trinajstić information content (AvgIpc) is 1.81. The van der Waals surface area contributed by atoms with Gasteiger partial charge < -0.3 is 0 Å². The third-order valence-electron chi connectivity index (χ3n) is 0.946. The molecular weight excluding hydrogens is 103 g/mol. The molecular formula is C8H13Li. The molecule has 0 saturated heterocycles. The monoisotopic (exact) mass is 116 g/mol. The van der Waals surface area contributed by atoms with Gasteiger partial charge in [0.2, 0.25) is 0 Å². The van der Waals surface area contributed by atoms with Crippen LogP contribution in [-0.2, 0) is 0 Å². The Bertz CT molecular complexity index is 74.6. The van der Waals surface area contributed by atoms with Gasteiger partial charge in [-0.3, -0.25) is 0 Å². The minimum atomic E-state index is 0. The van der Waals surface area contributed by atoms with E-state index in [0.29, 0.717) is 0 Å². The van der Waals surface area contributed by atoms with Gasteiger partial charge in [-0.15, -0.1) is 13.0 Å². The van der Waals surface area contributed by atoms with E-state index in [4.69, 9.17) is 0 Å². The van der Waals surface area contributed by atoms with Crippen molar-refractivity contribution in [2.24, 2.45) is 0 Å². The van der Waals surface area contributed by atoms with Crippen LogP contribution in [0.4, 0.5) is 0 Å². The second-order valence-electron chi connectivity index (χ2n) is 1.69. The first-order valence-electron chi connectivity index (χ1n) is 2.97. The van der Waals surface area contributed by atoms with E-state index in [0.717, 1.165) is 12.8 Å². The van der Waals surface area contributed by atoms with E-state index in [-0.39, 0.29) is 18.9 Å².